The molecule has 1 aliphatic heterocycles. The zero-order valence-corrected chi connectivity index (χ0v) is 13.7. The minimum absolute atomic E-state index is 0.0329. The van der Waals surface area contributed by atoms with E-state index in [9.17, 15) is 4.79 Å². The van der Waals surface area contributed by atoms with Crippen molar-refractivity contribution in [1.82, 2.24) is 15.4 Å². The summed E-state index contributed by atoms with van der Waals surface area (Å²) in [5.74, 6) is 1.28. The highest BCUT2D eigenvalue weighted by Crippen LogP contribution is 2.28. The summed E-state index contributed by atoms with van der Waals surface area (Å²) in [6.07, 6.45) is 2.08. The fraction of sp³-hybridized carbons (Fsp3) is 0.444. The topological polar surface area (TPSA) is 58.4 Å². The molecule has 1 aromatic carbocycles. The van der Waals surface area contributed by atoms with E-state index in [2.05, 4.69) is 10.5 Å². The summed E-state index contributed by atoms with van der Waals surface area (Å²) in [4.78, 5) is 14.9. The van der Waals surface area contributed by atoms with Gasteiger partial charge in [0.25, 0.3) is 5.91 Å². The number of amides is 1. The first-order chi connectivity index (χ1) is 11.2. The molecule has 0 atom stereocenters. The van der Waals surface area contributed by atoms with Gasteiger partial charge in [-0.3, -0.25) is 4.79 Å². The molecule has 5 nitrogen and oxygen atoms in total. The number of benzene rings is 1. The van der Waals surface area contributed by atoms with Gasteiger partial charge in [0.2, 0.25) is 0 Å². The van der Waals surface area contributed by atoms with Gasteiger partial charge in [-0.15, -0.1) is 0 Å². The maximum absolute atomic E-state index is 13.0. The SMILES string of the molecule is CNCC1CCN(C(=O)c2c(-c3ccccc3)noc2C)CC1. The highest BCUT2D eigenvalue weighted by Gasteiger charge is 2.28. The van der Waals surface area contributed by atoms with Gasteiger partial charge in [-0.25, -0.2) is 0 Å². The van der Waals surface area contributed by atoms with Crippen LogP contribution in [0.5, 0.6) is 0 Å². The summed E-state index contributed by atoms with van der Waals surface area (Å²) < 4.78 is 5.31. The largest absolute Gasteiger partial charge is 0.360 e. The van der Waals surface area contributed by atoms with Crippen LogP contribution in [0, 0.1) is 12.8 Å². The van der Waals surface area contributed by atoms with Gasteiger partial charge in [0.05, 0.1) is 0 Å². The van der Waals surface area contributed by atoms with Gasteiger partial charge in [0.1, 0.15) is 17.0 Å². The number of hydrogen-bond acceptors (Lipinski definition) is 4. The predicted molar refractivity (Wildman–Crippen MR) is 89.2 cm³/mol. The number of carbonyl (C=O) groups excluding carboxylic acids is 1. The monoisotopic (exact) mass is 313 g/mol. The number of nitrogens with one attached hydrogen (secondary N) is 1. The third kappa shape index (κ3) is 3.29. The minimum Gasteiger partial charge on any atom is -0.360 e. The van der Waals surface area contributed by atoms with E-state index >= 15 is 0 Å². The van der Waals surface area contributed by atoms with Crippen molar-refractivity contribution in [3.8, 4) is 11.3 Å². The molecule has 0 aliphatic carbocycles. The Hall–Kier alpha value is -2.14. The average molecular weight is 313 g/mol. The second-order valence-corrected chi connectivity index (χ2v) is 6.12. The molecule has 1 amide bonds. The molecular formula is C18H23N3O2. The zero-order chi connectivity index (χ0) is 16.2. The molecule has 1 saturated heterocycles. The van der Waals surface area contributed by atoms with Gasteiger partial charge >= 0.3 is 0 Å². The molecule has 2 aromatic rings. The summed E-state index contributed by atoms with van der Waals surface area (Å²) >= 11 is 0. The van der Waals surface area contributed by atoms with Gasteiger partial charge in [0, 0.05) is 18.7 Å². The summed E-state index contributed by atoms with van der Waals surface area (Å²) in [5, 5.41) is 7.33. The van der Waals surface area contributed by atoms with Crippen LogP contribution in [0.25, 0.3) is 11.3 Å². The molecule has 1 aromatic heterocycles. The van der Waals surface area contributed by atoms with Crippen LogP contribution >= 0.6 is 0 Å². The first-order valence-corrected chi connectivity index (χ1v) is 8.16. The fourth-order valence-electron chi connectivity index (χ4n) is 3.20. The lowest BCUT2D eigenvalue weighted by Gasteiger charge is -2.32. The number of carbonyl (C=O) groups is 1. The van der Waals surface area contributed by atoms with Gasteiger partial charge in [-0.2, -0.15) is 0 Å². The molecule has 0 unspecified atom stereocenters. The van der Waals surface area contributed by atoms with E-state index in [1.807, 2.05) is 42.3 Å². The van der Waals surface area contributed by atoms with E-state index < -0.39 is 0 Å². The first-order valence-electron chi connectivity index (χ1n) is 8.16. The van der Waals surface area contributed by atoms with E-state index in [4.69, 9.17) is 4.52 Å². The molecule has 23 heavy (non-hydrogen) atoms. The average Bonchev–Trinajstić information content (AvgIpc) is 2.97. The van der Waals surface area contributed by atoms with Gasteiger partial charge in [-0.05, 0) is 39.3 Å². The summed E-state index contributed by atoms with van der Waals surface area (Å²) in [7, 11) is 1.98. The molecular weight excluding hydrogens is 290 g/mol. The Morgan fingerprint density at radius 1 is 1.30 bits per heavy atom. The smallest absolute Gasteiger partial charge is 0.259 e. The van der Waals surface area contributed by atoms with Crippen LogP contribution in [0.15, 0.2) is 34.9 Å². The minimum atomic E-state index is 0.0329. The van der Waals surface area contributed by atoms with Crippen LogP contribution in [-0.2, 0) is 0 Å². The molecule has 3 rings (SSSR count). The lowest BCUT2D eigenvalue weighted by Crippen LogP contribution is -2.40. The second kappa shape index (κ2) is 6.96. The molecule has 0 bridgehead atoms. The Kier molecular flexibility index (Phi) is 4.76. The van der Waals surface area contributed by atoms with Crippen molar-refractivity contribution in [2.24, 2.45) is 5.92 Å². The van der Waals surface area contributed by atoms with E-state index in [0.717, 1.165) is 38.0 Å². The maximum Gasteiger partial charge on any atom is 0.259 e. The summed E-state index contributed by atoms with van der Waals surface area (Å²) in [6.45, 7) is 4.41. The van der Waals surface area contributed by atoms with E-state index in [-0.39, 0.29) is 5.91 Å². The van der Waals surface area contributed by atoms with Crippen molar-refractivity contribution in [2.45, 2.75) is 19.8 Å². The maximum atomic E-state index is 13.0. The first kappa shape index (κ1) is 15.7. The number of hydrogen-bond donors (Lipinski definition) is 1. The highest BCUT2D eigenvalue weighted by molar-refractivity contribution is 6.00. The van der Waals surface area contributed by atoms with Crippen LogP contribution in [0.1, 0.15) is 29.0 Å². The number of aryl methyl sites for hydroxylation is 1. The van der Waals surface area contributed by atoms with Gasteiger partial charge < -0.3 is 14.7 Å². The second-order valence-electron chi connectivity index (χ2n) is 6.12. The van der Waals surface area contributed by atoms with E-state index in [1.165, 1.54) is 0 Å². The Morgan fingerprint density at radius 3 is 2.65 bits per heavy atom. The molecule has 5 heteroatoms. The van der Waals surface area contributed by atoms with Crippen molar-refractivity contribution >= 4 is 5.91 Å². The van der Waals surface area contributed by atoms with Crippen LogP contribution in [0.2, 0.25) is 0 Å². The van der Waals surface area contributed by atoms with Gasteiger partial charge in [0.15, 0.2) is 0 Å². The number of nitrogens with zero attached hydrogens (tertiary/aromatic N) is 2. The number of piperidine rings is 1. The Morgan fingerprint density at radius 2 is 2.00 bits per heavy atom. The Labute approximate surface area is 136 Å². The molecule has 0 radical (unpaired) electrons. The number of rotatable bonds is 4. The Bertz CT molecular complexity index is 658. The van der Waals surface area contributed by atoms with E-state index in [0.29, 0.717) is 22.9 Å². The van der Waals surface area contributed by atoms with Crippen LogP contribution in [-0.4, -0.2) is 42.6 Å². The molecule has 1 aliphatic rings. The predicted octanol–water partition coefficient (Wildman–Crippen LogP) is 2.72. The normalized spacial score (nSPS) is 15.8. The van der Waals surface area contributed by atoms with Crippen LogP contribution < -0.4 is 5.32 Å². The molecule has 1 fully saturated rings. The van der Waals surface area contributed by atoms with Crippen molar-refractivity contribution in [1.29, 1.82) is 0 Å². The van der Waals surface area contributed by atoms with Crippen LogP contribution in [0.3, 0.4) is 0 Å². The van der Waals surface area contributed by atoms with Crippen molar-refractivity contribution < 1.29 is 9.32 Å². The Balaban J connectivity index is 1.80. The number of aromatic nitrogens is 1. The highest BCUT2D eigenvalue weighted by atomic mass is 16.5. The number of likely N-dealkylation sites (tertiary alicyclic amines) is 1. The van der Waals surface area contributed by atoms with Crippen molar-refractivity contribution in [3.05, 3.63) is 41.7 Å². The van der Waals surface area contributed by atoms with Gasteiger partial charge in [-0.1, -0.05) is 35.5 Å². The van der Waals surface area contributed by atoms with Crippen LogP contribution in [0.4, 0.5) is 0 Å². The molecule has 0 saturated carbocycles. The summed E-state index contributed by atoms with van der Waals surface area (Å²) in [6, 6.07) is 9.73. The summed E-state index contributed by atoms with van der Waals surface area (Å²) in [5.41, 5.74) is 2.16. The fourth-order valence-corrected chi connectivity index (χ4v) is 3.20. The van der Waals surface area contributed by atoms with E-state index in [1.54, 1.807) is 6.92 Å². The molecule has 0 spiro atoms. The zero-order valence-electron chi connectivity index (χ0n) is 13.7. The van der Waals surface area contributed by atoms with Crippen molar-refractivity contribution in [3.63, 3.8) is 0 Å². The molecule has 2 heterocycles. The quantitative estimate of drug-likeness (QED) is 0.943. The molecule has 1 N–H and O–H groups in total. The molecule has 122 valence electrons. The third-order valence-electron chi connectivity index (χ3n) is 4.52. The lowest BCUT2D eigenvalue weighted by molar-refractivity contribution is 0.0690. The lowest BCUT2D eigenvalue weighted by atomic mass is 9.96. The standard InChI is InChI=1S/C18H23N3O2/c1-13-16(17(20-23-13)15-6-4-3-5-7-15)18(22)21-10-8-14(9-11-21)12-19-2/h3-7,14,19H,8-12H2,1-2H3. The third-order valence-corrected chi connectivity index (χ3v) is 4.52. The van der Waals surface area contributed by atoms with Crippen molar-refractivity contribution in [2.75, 3.05) is 26.7 Å².